The van der Waals surface area contributed by atoms with Crippen molar-refractivity contribution in [2.75, 3.05) is 19.7 Å². The molecule has 1 aliphatic heterocycles. The molecule has 3 rings (SSSR count). The molecule has 0 aromatic heterocycles. The second kappa shape index (κ2) is 9.30. The molecule has 2 N–H and O–H groups in total. The molecular weight excluding hydrogens is 344 g/mol. The number of ether oxygens (including phenoxy) is 1. The zero-order valence-electron chi connectivity index (χ0n) is 15.1. The van der Waals surface area contributed by atoms with E-state index >= 15 is 0 Å². The topological polar surface area (TPSA) is 78.9 Å². The van der Waals surface area contributed by atoms with Gasteiger partial charge in [0.15, 0.2) is 0 Å². The van der Waals surface area contributed by atoms with Crippen molar-refractivity contribution < 1.29 is 19.4 Å². The Balaban J connectivity index is 1.43. The molecule has 0 bridgehead atoms. The average Bonchev–Trinajstić information content (AvgIpc) is 2.68. The Morgan fingerprint density at radius 2 is 1.81 bits per heavy atom. The van der Waals surface area contributed by atoms with Gasteiger partial charge in [0, 0.05) is 26.2 Å². The maximum absolute atomic E-state index is 12.2. The molecule has 2 aromatic rings. The van der Waals surface area contributed by atoms with Crippen LogP contribution >= 0.6 is 0 Å². The predicted octanol–water partition coefficient (Wildman–Crippen LogP) is 2.29. The molecule has 0 aliphatic carbocycles. The summed E-state index contributed by atoms with van der Waals surface area (Å²) in [7, 11) is 0. The van der Waals surface area contributed by atoms with Gasteiger partial charge in [-0.3, -0.25) is 9.69 Å². The van der Waals surface area contributed by atoms with Crippen LogP contribution in [0.5, 0.6) is 0 Å². The number of hydrogen-bond donors (Lipinski definition) is 2. The third kappa shape index (κ3) is 5.91. The number of amides is 1. The lowest BCUT2D eigenvalue weighted by Gasteiger charge is -2.32. The van der Waals surface area contributed by atoms with Crippen LogP contribution in [0.2, 0.25) is 0 Å². The first-order valence-electron chi connectivity index (χ1n) is 9.07. The van der Waals surface area contributed by atoms with Crippen molar-refractivity contribution in [2.45, 2.75) is 25.6 Å². The number of nitrogens with one attached hydrogen (secondary N) is 1. The first-order chi connectivity index (χ1) is 13.1. The standard InChI is InChI=1S/C21H24N2O4/c24-20(22-13-16-6-8-18(9-7-16)21(25)26)12-19-15-23(10-11-27-19)14-17-4-2-1-3-5-17/h1-9,19H,10-15H2,(H,22,24)(H,25,26)/t19-/m0/s1. The Labute approximate surface area is 158 Å². The maximum Gasteiger partial charge on any atom is 0.335 e. The molecule has 2 aromatic carbocycles. The third-order valence-electron chi connectivity index (χ3n) is 4.58. The van der Waals surface area contributed by atoms with E-state index in [9.17, 15) is 9.59 Å². The van der Waals surface area contributed by atoms with Gasteiger partial charge in [-0.05, 0) is 23.3 Å². The minimum atomic E-state index is -0.958. The van der Waals surface area contributed by atoms with E-state index in [0.29, 0.717) is 19.6 Å². The molecule has 1 aliphatic rings. The Morgan fingerprint density at radius 3 is 2.52 bits per heavy atom. The first-order valence-corrected chi connectivity index (χ1v) is 9.07. The molecule has 6 heteroatoms. The fourth-order valence-electron chi connectivity index (χ4n) is 3.13. The molecule has 0 spiro atoms. The summed E-state index contributed by atoms with van der Waals surface area (Å²) in [6.45, 7) is 3.46. The summed E-state index contributed by atoms with van der Waals surface area (Å²) >= 11 is 0. The SMILES string of the molecule is O=C(C[C@H]1CN(Cc2ccccc2)CCO1)NCc1ccc(C(=O)O)cc1. The number of morpholine rings is 1. The van der Waals surface area contributed by atoms with E-state index in [1.165, 1.54) is 17.7 Å². The zero-order valence-corrected chi connectivity index (χ0v) is 15.1. The van der Waals surface area contributed by atoms with E-state index in [2.05, 4.69) is 22.3 Å². The molecule has 142 valence electrons. The summed E-state index contributed by atoms with van der Waals surface area (Å²) in [5.74, 6) is -1.02. The van der Waals surface area contributed by atoms with Gasteiger partial charge in [0.25, 0.3) is 0 Å². The van der Waals surface area contributed by atoms with Crippen LogP contribution in [0.3, 0.4) is 0 Å². The van der Waals surface area contributed by atoms with Crippen molar-refractivity contribution in [1.29, 1.82) is 0 Å². The minimum Gasteiger partial charge on any atom is -0.478 e. The van der Waals surface area contributed by atoms with E-state index in [4.69, 9.17) is 9.84 Å². The van der Waals surface area contributed by atoms with Gasteiger partial charge < -0.3 is 15.2 Å². The lowest BCUT2D eigenvalue weighted by atomic mass is 10.1. The highest BCUT2D eigenvalue weighted by molar-refractivity contribution is 5.87. The summed E-state index contributed by atoms with van der Waals surface area (Å²) in [6.07, 6.45) is 0.204. The number of carboxylic acid groups (broad SMARTS) is 1. The maximum atomic E-state index is 12.2. The number of rotatable bonds is 7. The van der Waals surface area contributed by atoms with Gasteiger partial charge in [0.1, 0.15) is 0 Å². The third-order valence-corrected chi connectivity index (χ3v) is 4.58. The molecular formula is C21H24N2O4. The fourth-order valence-corrected chi connectivity index (χ4v) is 3.13. The normalized spacial score (nSPS) is 17.4. The number of carbonyl (C=O) groups is 2. The lowest BCUT2D eigenvalue weighted by Crippen LogP contribution is -2.44. The molecule has 1 heterocycles. The van der Waals surface area contributed by atoms with Crippen LogP contribution in [0.15, 0.2) is 54.6 Å². The van der Waals surface area contributed by atoms with Crippen LogP contribution in [0, 0.1) is 0 Å². The van der Waals surface area contributed by atoms with Crippen molar-refractivity contribution in [1.82, 2.24) is 10.2 Å². The predicted molar refractivity (Wildman–Crippen MR) is 101 cm³/mol. The van der Waals surface area contributed by atoms with Gasteiger partial charge in [0.2, 0.25) is 5.91 Å². The van der Waals surface area contributed by atoms with Crippen LogP contribution in [0.1, 0.15) is 27.9 Å². The molecule has 0 radical (unpaired) electrons. The zero-order chi connectivity index (χ0) is 19.1. The molecule has 0 saturated carbocycles. The van der Waals surface area contributed by atoms with Gasteiger partial charge in [-0.25, -0.2) is 4.79 Å². The monoisotopic (exact) mass is 368 g/mol. The van der Waals surface area contributed by atoms with Crippen LogP contribution < -0.4 is 5.32 Å². The summed E-state index contributed by atoms with van der Waals surface area (Å²) in [5, 5.41) is 11.8. The summed E-state index contributed by atoms with van der Waals surface area (Å²) in [6, 6.07) is 16.8. The van der Waals surface area contributed by atoms with Gasteiger partial charge >= 0.3 is 5.97 Å². The number of carboxylic acids is 1. The average molecular weight is 368 g/mol. The molecule has 1 fully saturated rings. The minimum absolute atomic E-state index is 0.0659. The second-order valence-electron chi connectivity index (χ2n) is 6.70. The summed E-state index contributed by atoms with van der Waals surface area (Å²) in [4.78, 5) is 25.4. The lowest BCUT2D eigenvalue weighted by molar-refractivity contribution is -0.126. The van der Waals surface area contributed by atoms with E-state index < -0.39 is 5.97 Å². The van der Waals surface area contributed by atoms with Crippen molar-refractivity contribution in [2.24, 2.45) is 0 Å². The van der Waals surface area contributed by atoms with Gasteiger partial charge in [-0.1, -0.05) is 42.5 Å². The number of hydrogen-bond acceptors (Lipinski definition) is 4. The van der Waals surface area contributed by atoms with E-state index in [1.807, 2.05) is 18.2 Å². The Hall–Kier alpha value is -2.70. The Kier molecular flexibility index (Phi) is 6.57. The number of benzene rings is 2. The first kappa shape index (κ1) is 19.1. The van der Waals surface area contributed by atoms with Crippen LogP contribution in [-0.2, 0) is 22.6 Å². The number of nitrogens with zero attached hydrogens (tertiary/aromatic N) is 1. The van der Waals surface area contributed by atoms with Crippen molar-refractivity contribution in [3.63, 3.8) is 0 Å². The molecule has 1 amide bonds. The van der Waals surface area contributed by atoms with E-state index in [-0.39, 0.29) is 17.6 Å². The highest BCUT2D eigenvalue weighted by atomic mass is 16.5. The van der Waals surface area contributed by atoms with E-state index in [0.717, 1.165) is 25.2 Å². The van der Waals surface area contributed by atoms with Crippen LogP contribution in [0.25, 0.3) is 0 Å². The van der Waals surface area contributed by atoms with Gasteiger partial charge in [-0.2, -0.15) is 0 Å². The van der Waals surface area contributed by atoms with Crippen molar-refractivity contribution >= 4 is 11.9 Å². The molecule has 6 nitrogen and oxygen atoms in total. The quantitative estimate of drug-likeness (QED) is 0.784. The van der Waals surface area contributed by atoms with Gasteiger partial charge in [0.05, 0.1) is 24.7 Å². The van der Waals surface area contributed by atoms with E-state index in [1.54, 1.807) is 12.1 Å². The molecule has 1 atom stereocenters. The van der Waals surface area contributed by atoms with Crippen molar-refractivity contribution in [3.8, 4) is 0 Å². The van der Waals surface area contributed by atoms with Crippen LogP contribution in [0.4, 0.5) is 0 Å². The molecule has 1 saturated heterocycles. The molecule has 0 unspecified atom stereocenters. The summed E-state index contributed by atoms with van der Waals surface area (Å²) in [5.41, 5.74) is 2.36. The Morgan fingerprint density at radius 1 is 1.07 bits per heavy atom. The smallest absolute Gasteiger partial charge is 0.335 e. The highest BCUT2D eigenvalue weighted by Crippen LogP contribution is 2.13. The highest BCUT2D eigenvalue weighted by Gasteiger charge is 2.22. The largest absolute Gasteiger partial charge is 0.478 e. The second-order valence-corrected chi connectivity index (χ2v) is 6.70. The number of carbonyl (C=O) groups excluding carboxylic acids is 1. The fraction of sp³-hybridized carbons (Fsp3) is 0.333. The molecule has 27 heavy (non-hydrogen) atoms. The number of aromatic carboxylic acids is 1. The van der Waals surface area contributed by atoms with Crippen molar-refractivity contribution in [3.05, 3.63) is 71.3 Å². The summed E-state index contributed by atoms with van der Waals surface area (Å²) < 4.78 is 5.74. The van der Waals surface area contributed by atoms with Crippen LogP contribution in [-0.4, -0.2) is 47.7 Å². The Bertz CT molecular complexity index is 762. The van der Waals surface area contributed by atoms with Gasteiger partial charge in [-0.15, -0.1) is 0 Å².